The summed E-state index contributed by atoms with van der Waals surface area (Å²) in [7, 11) is 0. The first-order valence-electron chi connectivity index (χ1n) is 6.08. The van der Waals surface area contributed by atoms with Gasteiger partial charge in [-0.2, -0.15) is 0 Å². The molecule has 0 saturated heterocycles. The van der Waals surface area contributed by atoms with Crippen LogP contribution in [0.25, 0.3) is 0 Å². The molecular weight excluding hydrogens is 198 g/mol. The van der Waals surface area contributed by atoms with Crippen LogP contribution >= 0.6 is 0 Å². The smallest absolute Gasteiger partial charge is 0.0593 e. The van der Waals surface area contributed by atoms with E-state index in [9.17, 15) is 0 Å². The van der Waals surface area contributed by atoms with E-state index in [4.69, 9.17) is 5.73 Å². The molecule has 0 aromatic carbocycles. The summed E-state index contributed by atoms with van der Waals surface area (Å²) in [5.41, 5.74) is 10.3. The molecule has 1 aromatic heterocycles. The monoisotopic (exact) mass is 219 g/mol. The predicted molar refractivity (Wildman–Crippen MR) is 67.2 cm³/mol. The first-order chi connectivity index (χ1) is 7.63. The zero-order chi connectivity index (χ0) is 11.7. The van der Waals surface area contributed by atoms with Crippen molar-refractivity contribution < 1.29 is 0 Å². The highest BCUT2D eigenvalue weighted by Gasteiger charge is 2.28. The van der Waals surface area contributed by atoms with E-state index < -0.39 is 0 Å². The molecule has 1 heterocycles. The zero-order valence-corrected chi connectivity index (χ0v) is 10.5. The van der Waals surface area contributed by atoms with Gasteiger partial charge in [-0.3, -0.25) is 9.88 Å². The predicted octanol–water partition coefficient (Wildman–Crippen LogP) is 2.26. The van der Waals surface area contributed by atoms with E-state index in [1.165, 1.54) is 12.8 Å². The fourth-order valence-electron chi connectivity index (χ4n) is 2.08. The van der Waals surface area contributed by atoms with Crippen molar-refractivity contribution in [2.45, 2.75) is 46.2 Å². The number of nitrogens with two attached hydrogens (primary N) is 1. The maximum absolute atomic E-state index is 6.03. The van der Waals surface area contributed by atoms with Crippen LogP contribution in [-0.2, 0) is 6.54 Å². The van der Waals surface area contributed by atoms with Crippen LogP contribution in [0.4, 0.5) is 5.69 Å². The molecule has 88 valence electrons. The third-order valence-corrected chi connectivity index (χ3v) is 3.50. The molecule has 1 aromatic rings. The number of aryl methyl sites for hydroxylation is 1. The fourth-order valence-corrected chi connectivity index (χ4v) is 2.08. The second-order valence-electron chi connectivity index (χ2n) is 4.72. The lowest BCUT2D eigenvalue weighted by Crippen LogP contribution is -2.26. The zero-order valence-electron chi connectivity index (χ0n) is 10.5. The molecule has 1 aliphatic carbocycles. The third-order valence-electron chi connectivity index (χ3n) is 3.50. The van der Waals surface area contributed by atoms with Crippen LogP contribution in [0.15, 0.2) is 6.20 Å². The molecule has 2 N–H and O–H groups in total. The molecule has 0 spiro atoms. The van der Waals surface area contributed by atoms with Gasteiger partial charge in [0, 0.05) is 24.5 Å². The van der Waals surface area contributed by atoms with Gasteiger partial charge in [0.15, 0.2) is 0 Å². The summed E-state index contributed by atoms with van der Waals surface area (Å²) in [4.78, 5) is 7.01. The molecule has 0 aliphatic heterocycles. The number of hydrogen-bond acceptors (Lipinski definition) is 3. The highest BCUT2D eigenvalue weighted by atomic mass is 15.2. The van der Waals surface area contributed by atoms with Gasteiger partial charge in [-0.1, -0.05) is 6.92 Å². The van der Waals surface area contributed by atoms with Crippen molar-refractivity contribution in [2.75, 3.05) is 12.3 Å². The van der Waals surface area contributed by atoms with Crippen molar-refractivity contribution >= 4 is 5.69 Å². The van der Waals surface area contributed by atoms with Gasteiger partial charge < -0.3 is 5.73 Å². The molecule has 1 fully saturated rings. The van der Waals surface area contributed by atoms with E-state index in [2.05, 4.69) is 23.7 Å². The fraction of sp³-hybridized carbons (Fsp3) is 0.615. The summed E-state index contributed by atoms with van der Waals surface area (Å²) >= 11 is 0. The number of anilines is 1. The molecule has 3 heteroatoms. The van der Waals surface area contributed by atoms with Crippen LogP contribution < -0.4 is 5.73 Å². The topological polar surface area (TPSA) is 42.2 Å². The average molecular weight is 219 g/mol. The number of nitrogens with zero attached hydrogens (tertiary/aromatic N) is 2. The number of rotatable bonds is 4. The first kappa shape index (κ1) is 11.4. The van der Waals surface area contributed by atoms with Crippen molar-refractivity contribution in [3.05, 3.63) is 23.0 Å². The maximum Gasteiger partial charge on any atom is 0.0593 e. The second kappa shape index (κ2) is 4.42. The Bertz CT molecular complexity index is 383. The summed E-state index contributed by atoms with van der Waals surface area (Å²) in [5.74, 6) is 0. The van der Waals surface area contributed by atoms with Crippen LogP contribution in [0.5, 0.6) is 0 Å². The van der Waals surface area contributed by atoms with Gasteiger partial charge in [-0.25, -0.2) is 0 Å². The average Bonchev–Trinajstić information content (AvgIpc) is 3.09. The number of aromatic nitrogens is 1. The summed E-state index contributed by atoms with van der Waals surface area (Å²) < 4.78 is 0. The van der Waals surface area contributed by atoms with E-state index in [0.717, 1.165) is 41.6 Å². The van der Waals surface area contributed by atoms with Gasteiger partial charge in [0.05, 0.1) is 5.69 Å². The van der Waals surface area contributed by atoms with E-state index >= 15 is 0 Å². The Hall–Kier alpha value is -1.09. The van der Waals surface area contributed by atoms with Gasteiger partial charge in [-0.05, 0) is 44.4 Å². The molecule has 16 heavy (non-hydrogen) atoms. The Morgan fingerprint density at radius 3 is 2.69 bits per heavy atom. The standard InChI is InChI=1S/C13H21N3/c1-4-16(11-5-6-11)8-12-10(3)13(14)9(2)7-15-12/h7,11H,4-6,8H2,1-3H3,(H2,14,15). The Kier molecular flexibility index (Phi) is 3.15. The molecule has 0 bridgehead atoms. The molecule has 1 saturated carbocycles. The third kappa shape index (κ3) is 2.19. The largest absolute Gasteiger partial charge is 0.398 e. The van der Waals surface area contributed by atoms with Crippen LogP contribution in [0, 0.1) is 13.8 Å². The summed E-state index contributed by atoms with van der Waals surface area (Å²) in [6, 6.07) is 0.786. The number of pyridine rings is 1. The van der Waals surface area contributed by atoms with Crippen LogP contribution in [-0.4, -0.2) is 22.5 Å². The molecule has 0 unspecified atom stereocenters. The Balaban J connectivity index is 2.17. The Morgan fingerprint density at radius 1 is 1.44 bits per heavy atom. The summed E-state index contributed by atoms with van der Waals surface area (Å²) in [6.45, 7) is 8.34. The molecular formula is C13H21N3. The Morgan fingerprint density at radius 2 is 2.12 bits per heavy atom. The Labute approximate surface area is 97.7 Å². The SMILES string of the molecule is CCN(Cc1ncc(C)c(N)c1C)C1CC1. The lowest BCUT2D eigenvalue weighted by atomic mass is 10.1. The normalized spacial score (nSPS) is 15.8. The molecule has 0 radical (unpaired) electrons. The van der Waals surface area contributed by atoms with Crippen molar-refractivity contribution in [2.24, 2.45) is 0 Å². The second-order valence-corrected chi connectivity index (χ2v) is 4.72. The number of nitrogen functional groups attached to an aromatic ring is 1. The molecule has 0 amide bonds. The van der Waals surface area contributed by atoms with Crippen molar-refractivity contribution in [1.82, 2.24) is 9.88 Å². The quantitative estimate of drug-likeness (QED) is 0.844. The van der Waals surface area contributed by atoms with Crippen LogP contribution in [0.1, 0.15) is 36.6 Å². The minimum atomic E-state index is 0.786. The lowest BCUT2D eigenvalue weighted by Gasteiger charge is -2.21. The molecule has 0 atom stereocenters. The van der Waals surface area contributed by atoms with Crippen LogP contribution in [0.2, 0.25) is 0 Å². The van der Waals surface area contributed by atoms with Gasteiger partial charge >= 0.3 is 0 Å². The summed E-state index contributed by atoms with van der Waals surface area (Å²) in [5, 5.41) is 0. The number of hydrogen-bond donors (Lipinski definition) is 1. The highest BCUT2D eigenvalue weighted by Crippen LogP contribution is 2.29. The minimum Gasteiger partial charge on any atom is -0.398 e. The minimum absolute atomic E-state index is 0.786. The van der Waals surface area contributed by atoms with Gasteiger partial charge in [0.25, 0.3) is 0 Å². The van der Waals surface area contributed by atoms with E-state index in [1.807, 2.05) is 13.1 Å². The molecule has 2 rings (SSSR count). The van der Waals surface area contributed by atoms with E-state index in [0.29, 0.717) is 0 Å². The van der Waals surface area contributed by atoms with Crippen molar-refractivity contribution in [3.63, 3.8) is 0 Å². The van der Waals surface area contributed by atoms with Gasteiger partial charge in [0.1, 0.15) is 0 Å². The van der Waals surface area contributed by atoms with E-state index in [-0.39, 0.29) is 0 Å². The van der Waals surface area contributed by atoms with Crippen molar-refractivity contribution in [3.8, 4) is 0 Å². The molecule has 1 aliphatic rings. The van der Waals surface area contributed by atoms with Crippen LogP contribution in [0.3, 0.4) is 0 Å². The summed E-state index contributed by atoms with van der Waals surface area (Å²) in [6.07, 6.45) is 4.57. The maximum atomic E-state index is 6.03. The lowest BCUT2D eigenvalue weighted by molar-refractivity contribution is 0.265. The molecule has 3 nitrogen and oxygen atoms in total. The van der Waals surface area contributed by atoms with Gasteiger partial charge in [0.2, 0.25) is 0 Å². The van der Waals surface area contributed by atoms with E-state index in [1.54, 1.807) is 0 Å². The first-order valence-corrected chi connectivity index (χ1v) is 6.08. The van der Waals surface area contributed by atoms with Gasteiger partial charge in [-0.15, -0.1) is 0 Å². The van der Waals surface area contributed by atoms with Crippen molar-refractivity contribution in [1.29, 1.82) is 0 Å². The highest BCUT2D eigenvalue weighted by molar-refractivity contribution is 5.53.